The van der Waals surface area contributed by atoms with Gasteiger partial charge < -0.3 is 14.9 Å². The van der Waals surface area contributed by atoms with Gasteiger partial charge >= 0.3 is 5.97 Å². The van der Waals surface area contributed by atoms with Crippen LogP contribution in [0.5, 0.6) is 0 Å². The summed E-state index contributed by atoms with van der Waals surface area (Å²) in [6.45, 7) is 2.02. The average Bonchev–Trinajstić information content (AvgIpc) is 2.48. The lowest BCUT2D eigenvalue weighted by atomic mass is 10.1. The van der Waals surface area contributed by atoms with E-state index in [2.05, 4.69) is 0 Å². The van der Waals surface area contributed by atoms with Crippen molar-refractivity contribution in [2.24, 2.45) is 0 Å². The lowest BCUT2D eigenvalue weighted by Crippen LogP contribution is -2.46. The summed E-state index contributed by atoms with van der Waals surface area (Å²) < 4.78 is 19.3. The smallest absolute Gasteiger partial charge is 0.328 e. The number of benzene rings is 1. The van der Waals surface area contributed by atoms with Crippen LogP contribution in [-0.4, -0.2) is 53.5 Å². The predicted molar refractivity (Wildman–Crippen MR) is 75.2 cm³/mol. The molecule has 0 amide bonds. The molecule has 0 saturated carbocycles. The molecule has 21 heavy (non-hydrogen) atoms. The number of morpholine rings is 1. The fourth-order valence-corrected chi connectivity index (χ4v) is 2.25. The molecule has 0 aliphatic carbocycles. The number of carboxylic acid groups (broad SMARTS) is 1. The highest BCUT2D eigenvalue weighted by Crippen LogP contribution is 2.17. The van der Waals surface area contributed by atoms with Crippen molar-refractivity contribution in [3.8, 4) is 0 Å². The third-order valence-electron chi connectivity index (χ3n) is 3.43. The minimum absolute atomic E-state index is 0.0267. The Morgan fingerprint density at radius 3 is 3.00 bits per heavy atom. The first-order valence-corrected chi connectivity index (χ1v) is 6.72. The van der Waals surface area contributed by atoms with Gasteiger partial charge in [0.25, 0.3) is 0 Å². The van der Waals surface area contributed by atoms with Gasteiger partial charge in [-0.3, -0.25) is 4.90 Å². The second-order valence-electron chi connectivity index (χ2n) is 4.90. The van der Waals surface area contributed by atoms with E-state index < -0.39 is 5.97 Å². The molecule has 2 rings (SSSR count). The van der Waals surface area contributed by atoms with Gasteiger partial charge in [-0.2, -0.15) is 0 Å². The zero-order chi connectivity index (χ0) is 15.2. The fourth-order valence-electron chi connectivity index (χ4n) is 2.25. The number of aliphatic carboxylic acids is 1. The van der Waals surface area contributed by atoms with Crippen LogP contribution in [0.25, 0.3) is 6.08 Å². The largest absolute Gasteiger partial charge is 0.478 e. The molecule has 1 aromatic carbocycles. The van der Waals surface area contributed by atoms with Crippen molar-refractivity contribution in [3.05, 3.63) is 41.2 Å². The van der Waals surface area contributed by atoms with E-state index in [0.717, 1.165) is 6.08 Å². The average molecular weight is 295 g/mol. The Kier molecular flexibility index (Phi) is 5.44. The van der Waals surface area contributed by atoms with Crippen LogP contribution < -0.4 is 0 Å². The van der Waals surface area contributed by atoms with E-state index in [0.29, 0.717) is 37.4 Å². The molecule has 0 spiro atoms. The molecule has 1 aromatic rings. The van der Waals surface area contributed by atoms with Crippen molar-refractivity contribution in [3.63, 3.8) is 0 Å². The summed E-state index contributed by atoms with van der Waals surface area (Å²) in [5, 5.41) is 17.8. The van der Waals surface area contributed by atoms with Crippen LogP contribution in [0.1, 0.15) is 11.1 Å². The third-order valence-corrected chi connectivity index (χ3v) is 3.43. The van der Waals surface area contributed by atoms with Crippen molar-refractivity contribution in [2.45, 2.75) is 12.6 Å². The SMILES string of the molecule is O=C(O)/C=C/c1ccc(CN2CCOCC2CO)c(F)c1. The first-order chi connectivity index (χ1) is 10.1. The first kappa shape index (κ1) is 15.6. The molecule has 5 nitrogen and oxygen atoms in total. The minimum atomic E-state index is -1.07. The molecule has 6 heteroatoms. The molecule has 1 atom stereocenters. The maximum absolute atomic E-state index is 14.1. The Balaban J connectivity index is 2.08. The Labute approximate surface area is 122 Å². The number of ether oxygens (including phenoxy) is 1. The second-order valence-corrected chi connectivity index (χ2v) is 4.90. The Morgan fingerprint density at radius 1 is 1.52 bits per heavy atom. The van der Waals surface area contributed by atoms with Gasteiger partial charge in [0.2, 0.25) is 0 Å². The predicted octanol–water partition coefficient (Wildman–Crippen LogP) is 1.12. The van der Waals surface area contributed by atoms with E-state index in [1.165, 1.54) is 12.1 Å². The van der Waals surface area contributed by atoms with Gasteiger partial charge in [-0.1, -0.05) is 12.1 Å². The molecule has 0 radical (unpaired) electrons. The lowest BCUT2D eigenvalue weighted by molar-refractivity contribution is -0.131. The fraction of sp³-hybridized carbons (Fsp3) is 0.400. The van der Waals surface area contributed by atoms with Gasteiger partial charge in [-0.05, 0) is 17.7 Å². The molecule has 1 aliphatic heterocycles. The van der Waals surface area contributed by atoms with Crippen molar-refractivity contribution < 1.29 is 24.1 Å². The molecule has 1 unspecified atom stereocenters. The van der Waals surface area contributed by atoms with E-state index in [-0.39, 0.29) is 18.5 Å². The van der Waals surface area contributed by atoms with Gasteiger partial charge in [-0.15, -0.1) is 0 Å². The number of hydrogen-bond donors (Lipinski definition) is 2. The normalized spacial score (nSPS) is 20.0. The van der Waals surface area contributed by atoms with Gasteiger partial charge in [0.15, 0.2) is 0 Å². The highest BCUT2D eigenvalue weighted by molar-refractivity contribution is 5.85. The van der Waals surface area contributed by atoms with Crippen LogP contribution in [0.2, 0.25) is 0 Å². The summed E-state index contributed by atoms with van der Waals surface area (Å²) in [6, 6.07) is 4.50. The van der Waals surface area contributed by atoms with Crippen LogP contribution in [0.15, 0.2) is 24.3 Å². The second kappa shape index (κ2) is 7.31. The number of carbonyl (C=O) groups is 1. The summed E-state index contributed by atoms with van der Waals surface area (Å²) in [5.74, 6) is -1.45. The van der Waals surface area contributed by atoms with E-state index in [9.17, 15) is 14.3 Å². The Hall–Kier alpha value is -1.76. The Bertz CT molecular complexity index is 532. The van der Waals surface area contributed by atoms with E-state index in [1.54, 1.807) is 12.1 Å². The topological polar surface area (TPSA) is 70.0 Å². The molecule has 0 bridgehead atoms. The minimum Gasteiger partial charge on any atom is -0.478 e. The number of aliphatic hydroxyl groups is 1. The van der Waals surface area contributed by atoms with E-state index >= 15 is 0 Å². The van der Waals surface area contributed by atoms with Gasteiger partial charge in [0.1, 0.15) is 5.82 Å². The third kappa shape index (κ3) is 4.35. The quantitative estimate of drug-likeness (QED) is 0.797. The van der Waals surface area contributed by atoms with Crippen molar-refractivity contribution in [2.75, 3.05) is 26.4 Å². The molecular formula is C15H18FNO4. The maximum Gasteiger partial charge on any atom is 0.328 e. The number of carboxylic acids is 1. The molecular weight excluding hydrogens is 277 g/mol. The standard InChI is InChI=1S/C15H18FNO4/c16-14-7-11(2-4-15(19)20)1-3-12(14)8-17-5-6-21-10-13(17)9-18/h1-4,7,13,18H,5-6,8-10H2,(H,19,20)/b4-2+. The summed E-state index contributed by atoms with van der Waals surface area (Å²) >= 11 is 0. The van der Waals surface area contributed by atoms with Crippen LogP contribution in [0.4, 0.5) is 4.39 Å². The highest BCUT2D eigenvalue weighted by Gasteiger charge is 2.23. The zero-order valence-electron chi connectivity index (χ0n) is 11.5. The van der Waals surface area contributed by atoms with Gasteiger partial charge in [0, 0.05) is 24.7 Å². The lowest BCUT2D eigenvalue weighted by Gasteiger charge is -2.34. The number of halogens is 1. The molecule has 1 saturated heterocycles. The van der Waals surface area contributed by atoms with Crippen LogP contribution in [-0.2, 0) is 16.1 Å². The highest BCUT2D eigenvalue weighted by atomic mass is 19.1. The summed E-state index contributed by atoms with van der Waals surface area (Å²) in [5.41, 5.74) is 1.02. The maximum atomic E-state index is 14.1. The molecule has 1 heterocycles. The van der Waals surface area contributed by atoms with Crippen molar-refractivity contribution in [1.82, 2.24) is 4.90 Å². The number of aliphatic hydroxyl groups excluding tert-OH is 1. The number of nitrogens with zero attached hydrogens (tertiary/aromatic N) is 1. The first-order valence-electron chi connectivity index (χ1n) is 6.72. The summed E-state index contributed by atoms with van der Waals surface area (Å²) in [7, 11) is 0. The molecule has 114 valence electrons. The molecule has 1 fully saturated rings. The van der Waals surface area contributed by atoms with Crippen molar-refractivity contribution in [1.29, 1.82) is 0 Å². The zero-order valence-corrected chi connectivity index (χ0v) is 11.5. The van der Waals surface area contributed by atoms with Crippen LogP contribution >= 0.6 is 0 Å². The van der Waals surface area contributed by atoms with E-state index in [4.69, 9.17) is 9.84 Å². The molecule has 1 aliphatic rings. The van der Waals surface area contributed by atoms with Crippen LogP contribution in [0.3, 0.4) is 0 Å². The monoisotopic (exact) mass is 295 g/mol. The summed E-state index contributed by atoms with van der Waals surface area (Å²) in [6.07, 6.45) is 2.32. The van der Waals surface area contributed by atoms with Gasteiger partial charge in [0.05, 0.1) is 25.9 Å². The van der Waals surface area contributed by atoms with Crippen LogP contribution in [0, 0.1) is 5.82 Å². The molecule has 0 aromatic heterocycles. The summed E-state index contributed by atoms with van der Waals surface area (Å²) in [4.78, 5) is 12.4. The number of rotatable bonds is 5. The number of hydrogen-bond acceptors (Lipinski definition) is 4. The Morgan fingerprint density at radius 2 is 2.33 bits per heavy atom. The van der Waals surface area contributed by atoms with Crippen molar-refractivity contribution >= 4 is 12.0 Å². The van der Waals surface area contributed by atoms with Gasteiger partial charge in [-0.25, -0.2) is 9.18 Å². The van der Waals surface area contributed by atoms with E-state index in [1.807, 2.05) is 4.90 Å². The molecule has 2 N–H and O–H groups in total.